The predicted octanol–water partition coefficient (Wildman–Crippen LogP) is 5.72. The van der Waals surface area contributed by atoms with Crippen LogP contribution in [0.1, 0.15) is 10.8 Å². The molecule has 3 aromatic carbocycles. The van der Waals surface area contributed by atoms with E-state index in [1.807, 2.05) is 60.7 Å². The van der Waals surface area contributed by atoms with Crippen molar-refractivity contribution in [1.82, 2.24) is 0 Å². The number of carbonyl (C=O) groups excluding carboxylic acids is 1. The van der Waals surface area contributed by atoms with Crippen molar-refractivity contribution in [1.29, 1.82) is 0 Å². The Morgan fingerprint density at radius 1 is 1.00 bits per heavy atom. The fourth-order valence-electron chi connectivity index (χ4n) is 2.47. The molecule has 0 bridgehead atoms. The van der Waals surface area contributed by atoms with E-state index in [0.717, 1.165) is 10.5 Å². The third-order valence-corrected chi connectivity index (χ3v) is 5.33. The number of hydrogen-bond donors (Lipinski definition) is 1. The van der Waals surface area contributed by atoms with Crippen LogP contribution < -0.4 is 5.32 Å². The number of nitro benzene ring substituents is 1. The maximum Gasteiger partial charge on any atom is 0.289 e. The third kappa shape index (κ3) is 4.87. The first-order chi connectivity index (χ1) is 13.0. The average molecular weight is 399 g/mol. The van der Waals surface area contributed by atoms with Crippen LogP contribution in [0.2, 0.25) is 5.02 Å². The summed E-state index contributed by atoms with van der Waals surface area (Å²) in [6.07, 6.45) is 0. The first-order valence-electron chi connectivity index (χ1n) is 8.06. The number of nitrogens with zero attached hydrogens (tertiary/aromatic N) is 1. The van der Waals surface area contributed by atoms with E-state index in [1.54, 1.807) is 6.07 Å². The van der Waals surface area contributed by atoms with Gasteiger partial charge in [0.2, 0.25) is 5.91 Å². The van der Waals surface area contributed by atoms with E-state index >= 15 is 0 Å². The normalized spacial score (nSPS) is 11.6. The van der Waals surface area contributed by atoms with Crippen LogP contribution in [0.25, 0.3) is 0 Å². The van der Waals surface area contributed by atoms with E-state index in [-0.39, 0.29) is 16.6 Å². The number of thioether (sulfide) groups is 1. The largest absolute Gasteiger partial charge is 0.325 e. The topological polar surface area (TPSA) is 72.2 Å². The van der Waals surface area contributed by atoms with E-state index in [1.165, 1.54) is 23.9 Å². The number of anilines is 1. The summed E-state index contributed by atoms with van der Waals surface area (Å²) in [5.74, 6) is -0.272. The molecule has 0 aliphatic heterocycles. The van der Waals surface area contributed by atoms with Gasteiger partial charge in [0.15, 0.2) is 0 Å². The molecule has 0 fully saturated rings. The minimum atomic E-state index is -0.578. The van der Waals surface area contributed by atoms with Crippen molar-refractivity contribution in [2.45, 2.75) is 10.1 Å². The maximum absolute atomic E-state index is 12.9. The van der Waals surface area contributed by atoms with Crippen molar-refractivity contribution in [3.63, 3.8) is 0 Å². The molecule has 0 heterocycles. The van der Waals surface area contributed by atoms with Gasteiger partial charge in [0.25, 0.3) is 5.69 Å². The molecule has 5 nitrogen and oxygen atoms in total. The van der Waals surface area contributed by atoms with Crippen LogP contribution in [0.4, 0.5) is 11.4 Å². The summed E-state index contributed by atoms with van der Waals surface area (Å²) < 4.78 is 0. The fraction of sp³-hybridized carbons (Fsp3) is 0.0500. The third-order valence-electron chi connectivity index (χ3n) is 3.75. The molecule has 27 heavy (non-hydrogen) atoms. The Kier molecular flexibility index (Phi) is 6.11. The summed E-state index contributed by atoms with van der Waals surface area (Å²) >= 11 is 7.25. The Morgan fingerprint density at radius 3 is 2.26 bits per heavy atom. The van der Waals surface area contributed by atoms with E-state index in [2.05, 4.69) is 5.32 Å². The molecule has 0 saturated heterocycles. The van der Waals surface area contributed by atoms with Crippen LogP contribution in [0.15, 0.2) is 83.8 Å². The number of rotatable bonds is 6. The van der Waals surface area contributed by atoms with Crippen LogP contribution in [0.5, 0.6) is 0 Å². The molecule has 136 valence electrons. The van der Waals surface area contributed by atoms with Gasteiger partial charge in [-0.05, 0) is 29.8 Å². The van der Waals surface area contributed by atoms with Crippen molar-refractivity contribution < 1.29 is 9.72 Å². The summed E-state index contributed by atoms with van der Waals surface area (Å²) in [6.45, 7) is 0. The molecular formula is C20H15ClN2O3S. The molecule has 1 N–H and O–H groups in total. The molecule has 0 aliphatic carbocycles. The van der Waals surface area contributed by atoms with Gasteiger partial charge in [-0.3, -0.25) is 14.9 Å². The van der Waals surface area contributed by atoms with E-state index < -0.39 is 10.2 Å². The van der Waals surface area contributed by atoms with Gasteiger partial charge >= 0.3 is 0 Å². The minimum absolute atomic E-state index is 0.0243. The number of hydrogen-bond acceptors (Lipinski definition) is 4. The molecular weight excluding hydrogens is 384 g/mol. The molecule has 0 radical (unpaired) electrons. The van der Waals surface area contributed by atoms with Crippen molar-refractivity contribution in [3.8, 4) is 0 Å². The van der Waals surface area contributed by atoms with Gasteiger partial charge in [-0.15, -0.1) is 11.8 Å². The highest BCUT2D eigenvalue weighted by Crippen LogP contribution is 2.36. The summed E-state index contributed by atoms with van der Waals surface area (Å²) in [7, 11) is 0. The van der Waals surface area contributed by atoms with Gasteiger partial charge in [-0.25, -0.2) is 0 Å². The predicted molar refractivity (Wildman–Crippen MR) is 108 cm³/mol. The summed E-state index contributed by atoms with van der Waals surface area (Å²) in [5, 5.41) is 13.3. The smallest absolute Gasteiger partial charge is 0.289 e. The van der Waals surface area contributed by atoms with Gasteiger partial charge < -0.3 is 5.32 Å². The molecule has 7 heteroatoms. The number of benzene rings is 3. The number of nitrogens with one attached hydrogen (secondary N) is 1. The molecule has 0 spiro atoms. The Balaban J connectivity index is 1.87. The van der Waals surface area contributed by atoms with Crippen LogP contribution in [0.3, 0.4) is 0 Å². The Hall–Kier alpha value is -2.83. The zero-order chi connectivity index (χ0) is 19.2. The fourth-order valence-corrected chi connectivity index (χ4v) is 3.71. The molecule has 0 saturated carbocycles. The van der Waals surface area contributed by atoms with Gasteiger partial charge in [-0.1, -0.05) is 60.1 Å². The average Bonchev–Trinajstić information content (AvgIpc) is 2.69. The number of halogens is 1. The van der Waals surface area contributed by atoms with Crippen molar-refractivity contribution >= 4 is 40.6 Å². The van der Waals surface area contributed by atoms with Gasteiger partial charge in [-0.2, -0.15) is 0 Å². The van der Waals surface area contributed by atoms with Crippen LogP contribution >= 0.6 is 23.4 Å². The summed E-state index contributed by atoms with van der Waals surface area (Å²) in [4.78, 5) is 24.4. The highest BCUT2D eigenvalue weighted by molar-refractivity contribution is 8.00. The van der Waals surface area contributed by atoms with Crippen LogP contribution in [-0.4, -0.2) is 10.8 Å². The quantitative estimate of drug-likeness (QED) is 0.327. The maximum atomic E-state index is 12.9. The molecule has 1 atom stereocenters. The molecule has 0 aromatic heterocycles. The molecule has 1 amide bonds. The lowest BCUT2D eigenvalue weighted by Crippen LogP contribution is -2.19. The number of amides is 1. The Labute approximate surface area is 165 Å². The van der Waals surface area contributed by atoms with Gasteiger partial charge in [0, 0.05) is 16.6 Å². The minimum Gasteiger partial charge on any atom is -0.325 e. The SMILES string of the molecule is O=C(Nc1ccc(Cl)c([N+](=O)[O-])c1)[C@H](Sc1ccccc1)c1ccccc1. The Morgan fingerprint density at radius 2 is 1.63 bits per heavy atom. The van der Waals surface area contributed by atoms with Crippen LogP contribution in [-0.2, 0) is 4.79 Å². The standard InChI is InChI=1S/C20H15ClN2O3S/c21-17-12-11-15(13-18(17)23(25)26)22-20(24)19(14-7-3-1-4-8-14)27-16-9-5-2-6-10-16/h1-13,19H,(H,22,24)/t19-/m1/s1. The summed E-state index contributed by atoms with van der Waals surface area (Å²) in [6, 6.07) is 23.2. The van der Waals surface area contributed by atoms with Gasteiger partial charge in [0.1, 0.15) is 10.3 Å². The van der Waals surface area contributed by atoms with E-state index in [9.17, 15) is 14.9 Å². The lowest BCUT2D eigenvalue weighted by Gasteiger charge is -2.17. The second-order valence-corrected chi connectivity index (χ2v) is 7.22. The van der Waals surface area contributed by atoms with E-state index in [0.29, 0.717) is 5.69 Å². The number of nitro groups is 1. The highest BCUT2D eigenvalue weighted by Gasteiger charge is 2.23. The van der Waals surface area contributed by atoms with Crippen molar-refractivity contribution in [3.05, 3.63) is 99.6 Å². The molecule has 3 aromatic rings. The highest BCUT2D eigenvalue weighted by atomic mass is 35.5. The lowest BCUT2D eigenvalue weighted by molar-refractivity contribution is -0.384. The zero-order valence-corrected chi connectivity index (χ0v) is 15.6. The molecule has 3 rings (SSSR count). The summed E-state index contributed by atoms with van der Waals surface area (Å²) in [5.41, 5.74) is 0.916. The first kappa shape index (κ1) is 18.9. The van der Waals surface area contributed by atoms with Crippen LogP contribution in [0, 0.1) is 10.1 Å². The van der Waals surface area contributed by atoms with E-state index in [4.69, 9.17) is 11.6 Å². The second kappa shape index (κ2) is 8.70. The molecule has 0 unspecified atom stereocenters. The second-order valence-electron chi connectivity index (χ2n) is 5.63. The lowest BCUT2D eigenvalue weighted by atomic mass is 10.1. The van der Waals surface area contributed by atoms with Crippen molar-refractivity contribution in [2.24, 2.45) is 0 Å². The first-order valence-corrected chi connectivity index (χ1v) is 9.32. The Bertz CT molecular complexity index is 952. The zero-order valence-electron chi connectivity index (χ0n) is 14.0. The number of carbonyl (C=O) groups is 1. The van der Waals surface area contributed by atoms with Crippen molar-refractivity contribution in [2.75, 3.05) is 5.32 Å². The monoisotopic (exact) mass is 398 g/mol. The van der Waals surface area contributed by atoms with Gasteiger partial charge in [0.05, 0.1) is 4.92 Å². The molecule has 0 aliphatic rings.